The van der Waals surface area contributed by atoms with E-state index in [1.165, 1.54) is 11.8 Å². The summed E-state index contributed by atoms with van der Waals surface area (Å²) in [6.07, 6.45) is 0.125. The number of nitrogens with zero attached hydrogens (tertiary/aromatic N) is 5. The minimum absolute atomic E-state index is 0.140. The molecule has 0 saturated carbocycles. The van der Waals surface area contributed by atoms with E-state index in [-0.39, 0.29) is 12.6 Å². The van der Waals surface area contributed by atoms with Crippen LogP contribution in [0, 0.1) is 6.92 Å². The van der Waals surface area contributed by atoms with Gasteiger partial charge >= 0.3 is 0 Å². The first kappa shape index (κ1) is 18.1. The number of imidazole rings is 1. The highest BCUT2D eigenvalue weighted by molar-refractivity contribution is 7.98. The molecule has 1 fully saturated rings. The topological polar surface area (TPSA) is 132 Å². The van der Waals surface area contributed by atoms with Crippen LogP contribution in [0.2, 0.25) is 0 Å². The number of aryl methyl sites for hydroxylation is 1. The van der Waals surface area contributed by atoms with Gasteiger partial charge in [0, 0.05) is 17.9 Å². The van der Waals surface area contributed by atoms with E-state index >= 15 is 0 Å². The van der Waals surface area contributed by atoms with Gasteiger partial charge in [-0.3, -0.25) is 9.55 Å². The second-order valence-corrected chi connectivity index (χ2v) is 7.35. The van der Waals surface area contributed by atoms with Gasteiger partial charge in [0.25, 0.3) is 0 Å². The van der Waals surface area contributed by atoms with Crippen LogP contribution in [0.25, 0.3) is 11.2 Å². The van der Waals surface area contributed by atoms with Gasteiger partial charge in [0.15, 0.2) is 5.65 Å². The Morgan fingerprint density at radius 3 is 2.93 bits per heavy atom. The average Bonchev–Trinajstić information content (AvgIpc) is 3.22. The van der Waals surface area contributed by atoms with E-state index in [0.29, 0.717) is 28.4 Å². The van der Waals surface area contributed by atoms with E-state index in [1.54, 1.807) is 10.9 Å². The predicted molar refractivity (Wildman–Crippen MR) is 99.9 cm³/mol. The molecule has 4 N–H and O–H groups in total. The van der Waals surface area contributed by atoms with Gasteiger partial charge < -0.3 is 20.7 Å². The third-order valence-corrected chi connectivity index (χ3v) is 5.40. The quantitative estimate of drug-likeness (QED) is 0.433. The molecule has 0 radical (unpaired) electrons. The molecular weight excluding hydrogens is 368 g/mol. The summed E-state index contributed by atoms with van der Waals surface area (Å²) < 4.78 is 7.43. The Hall–Kier alpha value is -2.27. The van der Waals surface area contributed by atoms with Crippen molar-refractivity contribution in [3.05, 3.63) is 35.9 Å². The third-order valence-electron chi connectivity index (χ3n) is 4.40. The first-order valence-corrected chi connectivity index (χ1v) is 9.53. The summed E-state index contributed by atoms with van der Waals surface area (Å²) in [5.41, 5.74) is 8.96. The van der Waals surface area contributed by atoms with Crippen molar-refractivity contribution in [1.82, 2.24) is 24.5 Å². The first-order valence-electron chi connectivity index (χ1n) is 8.55. The molecule has 0 amide bonds. The maximum Gasteiger partial charge on any atom is 0.223 e. The number of hydrogen-bond donors (Lipinski definition) is 3. The summed E-state index contributed by atoms with van der Waals surface area (Å²) in [5, 5.41) is 19.9. The number of aliphatic hydroxyl groups excluding tert-OH is 2. The SMILES string of the molecule is Cc1cccc(CSc2nc(N)nc3c2ncn3[C@H]2C[C@@H](O)[C@H](CO)O2)n1. The molecule has 3 aromatic rings. The lowest BCUT2D eigenvalue weighted by molar-refractivity contribution is -0.0432. The van der Waals surface area contributed by atoms with Crippen LogP contribution in [0.3, 0.4) is 0 Å². The van der Waals surface area contributed by atoms with Crippen molar-refractivity contribution in [2.45, 2.75) is 42.6 Å². The first-order chi connectivity index (χ1) is 13.0. The Morgan fingerprint density at radius 1 is 1.33 bits per heavy atom. The molecule has 1 saturated heterocycles. The number of ether oxygens (including phenoxy) is 1. The second kappa shape index (κ2) is 7.39. The van der Waals surface area contributed by atoms with Crippen LogP contribution in [0.15, 0.2) is 29.6 Å². The molecular formula is C17H20N6O3S. The third kappa shape index (κ3) is 3.61. The van der Waals surface area contributed by atoms with Gasteiger partial charge in [0.1, 0.15) is 22.9 Å². The molecule has 3 atom stereocenters. The Balaban J connectivity index is 1.62. The molecule has 0 spiro atoms. The van der Waals surface area contributed by atoms with Gasteiger partial charge in [-0.25, -0.2) is 9.97 Å². The van der Waals surface area contributed by atoms with Crippen LogP contribution in [-0.2, 0) is 10.5 Å². The number of aliphatic hydroxyl groups is 2. The van der Waals surface area contributed by atoms with Gasteiger partial charge in [-0.05, 0) is 19.1 Å². The van der Waals surface area contributed by atoms with E-state index in [0.717, 1.165) is 11.4 Å². The molecule has 142 valence electrons. The number of nitrogen functional groups attached to an aromatic ring is 1. The van der Waals surface area contributed by atoms with Crippen molar-refractivity contribution in [2.75, 3.05) is 12.3 Å². The second-order valence-electron chi connectivity index (χ2n) is 6.38. The van der Waals surface area contributed by atoms with Gasteiger partial charge in [-0.2, -0.15) is 4.98 Å². The standard InChI is InChI=1S/C17H20N6O3S/c1-9-3-2-4-10(20-9)7-27-16-14-15(21-17(18)22-16)23(8-19-14)13-5-11(25)12(6-24)26-13/h2-4,8,11-13,24-25H,5-7H2,1H3,(H2,18,21,22)/t11-,12+,13-/m1/s1. The lowest BCUT2D eigenvalue weighted by atomic mass is 10.2. The summed E-state index contributed by atoms with van der Waals surface area (Å²) >= 11 is 1.49. The van der Waals surface area contributed by atoms with E-state index < -0.39 is 18.4 Å². The van der Waals surface area contributed by atoms with Crippen molar-refractivity contribution >= 4 is 28.9 Å². The van der Waals surface area contributed by atoms with E-state index in [1.807, 2.05) is 25.1 Å². The van der Waals surface area contributed by atoms with Crippen LogP contribution in [-0.4, -0.2) is 53.5 Å². The maximum atomic E-state index is 9.98. The molecule has 3 aromatic heterocycles. The molecule has 0 unspecified atom stereocenters. The van der Waals surface area contributed by atoms with Crippen molar-refractivity contribution in [3.63, 3.8) is 0 Å². The number of fused-ring (bicyclic) bond motifs is 1. The van der Waals surface area contributed by atoms with Gasteiger partial charge in [-0.15, -0.1) is 0 Å². The molecule has 9 nitrogen and oxygen atoms in total. The van der Waals surface area contributed by atoms with E-state index in [9.17, 15) is 10.2 Å². The zero-order valence-corrected chi connectivity index (χ0v) is 15.5. The summed E-state index contributed by atoms with van der Waals surface area (Å²) in [6, 6.07) is 5.88. The lowest BCUT2D eigenvalue weighted by Crippen LogP contribution is -2.24. The van der Waals surface area contributed by atoms with Crippen molar-refractivity contribution in [1.29, 1.82) is 0 Å². The van der Waals surface area contributed by atoms with Gasteiger partial charge in [-0.1, -0.05) is 17.8 Å². The molecule has 4 heterocycles. The highest BCUT2D eigenvalue weighted by Gasteiger charge is 2.35. The largest absolute Gasteiger partial charge is 0.394 e. The maximum absolute atomic E-state index is 9.98. The Bertz CT molecular complexity index is 965. The van der Waals surface area contributed by atoms with E-state index in [4.69, 9.17) is 10.5 Å². The summed E-state index contributed by atoms with van der Waals surface area (Å²) in [5.74, 6) is 0.770. The van der Waals surface area contributed by atoms with Crippen LogP contribution in [0.4, 0.5) is 5.95 Å². The molecule has 0 aromatic carbocycles. The number of pyridine rings is 1. The van der Waals surface area contributed by atoms with Crippen LogP contribution < -0.4 is 5.73 Å². The number of aromatic nitrogens is 5. The summed E-state index contributed by atoms with van der Waals surface area (Å²) in [4.78, 5) is 17.5. The number of thioether (sulfide) groups is 1. The number of anilines is 1. The smallest absolute Gasteiger partial charge is 0.223 e. The molecule has 10 heteroatoms. The minimum atomic E-state index is -0.738. The molecule has 27 heavy (non-hydrogen) atoms. The van der Waals surface area contributed by atoms with Crippen molar-refractivity contribution in [3.8, 4) is 0 Å². The van der Waals surface area contributed by atoms with Crippen molar-refractivity contribution < 1.29 is 14.9 Å². The molecule has 1 aliphatic rings. The van der Waals surface area contributed by atoms with Crippen LogP contribution in [0.1, 0.15) is 24.0 Å². The molecule has 1 aliphatic heterocycles. The molecule has 0 bridgehead atoms. The predicted octanol–water partition coefficient (Wildman–Crippen LogP) is 1.04. The average molecular weight is 388 g/mol. The zero-order chi connectivity index (χ0) is 19.0. The molecule has 4 rings (SSSR count). The zero-order valence-electron chi connectivity index (χ0n) is 14.7. The van der Waals surface area contributed by atoms with Gasteiger partial charge in [0.2, 0.25) is 5.95 Å². The highest BCUT2D eigenvalue weighted by Crippen LogP contribution is 2.33. The Kier molecular flexibility index (Phi) is 4.96. The van der Waals surface area contributed by atoms with Crippen LogP contribution in [0.5, 0.6) is 0 Å². The highest BCUT2D eigenvalue weighted by atomic mass is 32.2. The number of rotatable bonds is 5. The normalized spacial score (nSPS) is 22.6. The number of hydrogen-bond acceptors (Lipinski definition) is 9. The van der Waals surface area contributed by atoms with Crippen LogP contribution >= 0.6 is 11.8 Å². The summed E-state index contributed by atoms with van der Waals surface area (Å²) in [7, 11) is 0. The van der Waals surface area contributed by atoms with E-state index in [2.05, 4.69) is 19.9 Å². The fourth-order valence-electron chi connectivity index (χ4n) is 3.09. The fraction of sp³-hybridized carbons (Fsp3) is 0.412. The Morgan fingerprint density at radius 2 is 2.19 bits per heavy atom. The number of nitrogens with two attached hydrogens (primary N) is 1. The van der Waals surface area contributed by atoms with Crippen molar-refractivity contribution in [2.24, 2.45) is 0 Å². The summed E-state index contributed by atoms with van der Waals surface area (Å²) in [6.45, 7) is 1.71. The molecule has 0 aliphatic carbocycles. The minimum Gasteiger partial charge on any atom is -0.394 e. The lowest BCUT2D eigenvalue weighted by Gasteiger charge is -2.13. The monoisotopic (exact) mass is 388 g/mol. The van der Waals surface area contributed by atoms with Gasteiger partial charge in [0.05, 0.1) is 24.7 Å². The fourth-order valence-corrected chi connectivity index (χ4v) is 3.97. The Labute approximate surface area is 159 Å².